The van der Waals surface area contributed by atoms with Crippen LogP contribution < -0.4 is 4.72 Å². The van der Waals surface area contributed by atoms with Crippen molar-refractivity contribution in [3.8, 4) is 0 Å². The second kappa shape index (κ2) is 4.97. The Morgan fingerprint density at radius 1 is 1.31 bits per heavy atom. The minimum atomic E-state index is -3.73. The van der Waals surface area contributed by atoms with Gasteiger partial charge < -0.3 is 0 Å². The van der Waals surface area contributed by atoms with E-state index in [9.17, 15) is 17.2 Å². The Morgan fingerprint density at radius 3 is 2.50 bits per heavy atom. The van der Waals surface area contributed by atoms with Crippen LogP contribution in [0.1, 0.15) is 5.56 Å². The summed E-state index contributed by atoms with van der Waals surface area (Å²) in [5.41, 5.74) is -0.300. The van der Waals surface area contributed by atoms with Gasteiger partial charge in [0.2, 0.25) is 10.0 Å². The van der Waals surface area contributed by atoms with Gasteiger partial charge in [0, 0.05) is 11.9 Å². The number of benzene rings is 1. The predicted octanol–water partition coefficient (Wildman–Crippen LogP) is 2.25. The molecule has 1 aromatic rings. The van der Waals surface area contributed by atoms with Crippen molar-refractivity contribution in [3.63, 3.8) is 0 Å². The summed E-state index contributed by atoms with van der Waals surface area (Å²) in [6.07, 6.45) is 0. The molecule has 0 spiro atoms. The molecule has 0 aromatic heterocycles. The summed E-state index contributed by atoms with van der Waals surface area (Å²) < 4.78 is 50.8. The molecule has 0 saturated heterocycles. The average Bonchev–Trinajstić information content (AvgIpc) is 2.13. The lowest BCUT2D eigenvalue weighted by Gasteiger charge is -2.08. The molecule has 0 bridgehead atoms. The lowest BCUT2D eigenvalue weighted by molar-refractivity contribution is 0.591. The van der Waals surface area contributed by atoms with E-state index in [1.807, 2.05) is 4.72 Å². The van der Waals surface area contributed by atoms with E-state index in [1.165, 1.54) is 6.92 Å². The molecule has 0 aliphatic carbocycles. The Morgan fingerprint density at radius 2 is 1.94 bits per heavy atom. The van der Waals surface area contributed by atoms with Crippen LogP contribution in [0.4, 0.5) is 14.5 Å². The maximum absolute atomic E-state index is 13.3. The quantitative estimate of drug-likeness (QED) is 0.852. The van der Waals surface area contributed by atoms with Gasteiger partial charge in [-0.3, -0.25) is 4.72 Å². The topological polar surface area (TPSA) is 46.2 Å². The molecule has 7 heteroatoms. The molecule has 0 aliphatic heterocycles. The van der Waals surface area contributed by atoms with Gasteiger partial charge in [-0.1, -0.05) is 0 Å². The van der Waals surface area contributed by atoms with Crippen LogP contribution in [0.3, 0.4) is 0 Å². The largest absolute Gasteiger partial charge is 0.280 e. The van der Waals surface area contributed by atoms with Crippen LogP contribution in [0, 0.1) is 18.6 Å². The van der Waals surface area contributed by atoms with E-state index in [4.69, 9.17) is 11.6 Å². The minimum Gasteiger partial charge on any atom is -0.280 e. The van der Waals surface area contributed by atoms with E-state index < -0.39 is 27.3 Å². The number of halogens is 3. The Kier molecular flexibility index (Phi) is 4.09. The summed E-state index contributed by atoms with van der Waals surface area (Å²) in [5, 5.41) is 0. The molecule has 0 aliphatic rings. The van der Waals surface area contributed by atoms with E-state index in [0.29, 0.717) is 0 Å². The first kappa shape index (κ1) is 13.2. The van der Waals surface area contributed by atoms with Gasteiger partial charge in [-0.25, -0.2) is 17.2 Å². The van der Waals surface area contributed by atoms with Crippen molar-refractivity contribution in [2.45, 2.75) is 6.92 Å². The Hall–Kier alpha value is -0.880. The zero-order chi connectivity index (χ0) is 12.3. The number of aryl methyl sites for hydroxylation is 1. The number of anilines is 1. The predicted molar refractivity (Wildman–Crippen MR) is 59.2 cm³/mol. The van der Waals surface area contributed by atoms with Gasteiger partial charge in [0.05, 0.1) is 11.4 Å². The Labute approximate surface area is 97.5 Å². The Bertz CT molecular complexity index is 491. The number of alkyl halides is 1. The van der Waals surface area contributed by atoms with Crippen molar-refractivity contribution in [1.82, 2.24) is 0 Å². The summed E-state index contributed by atoms with van der Waals surface area (Å²) in [7, 11) is -3.73. The lowest BCUT2D eigenvalue weighted by atomic mass is 10.2. The van der Waals surface area contributed by atoms with E-state index in [-0.39, 0.29) is 17.2 Å². The standard InChI is InChI=1S/C9H10ClF2NO2S/c1-6-4-8(12)9(5-7(6)11)13-16(14,15)3-2-10/h4-5,13H,2-3H2,1H3. The zero-order valence-corrected chi connectivity index (χ0v) is 10.00. The summed E-state index contributed by atoms with van der Waals surface area (Å²) in [5.74, 6) is -1.98. The highest BCUT2D eigenvalue weighted by molar-refractivity contribution is 7.92. The molecule has 0 fully saturated rings. The highest BCUT2D eigenvalue weighted by atomic mass is 35.5. The molecule has 3 nitrogen and oxygen atoms in total. The first-order valence-electron chi connectivity index (χ1n) is 4.38. The van der Waals surface area contributed by atoms with Crippen LogP contribution in [-0.4, -0.2) is 20.1 Å². The number of rotatable bonds is 4. The third kappa shape index (κ3) is 3.31. The maximum Gasteiger partial charge on any atom is 0.233 e. The molecule has 1 N–H and O–H groups in total. The number of hydrogen-bond acceptors (Lipinski definition) is 2. The van der Waals surface area contributed by atoms with Gasteiger partial charge in [0.25, 0.3) is 0 Å². The molecule has 90 valence electrons. The minimum absolute atomic E-state index is 0.109. The van der Waals surface area contributed by atoms with Gasteiger partial charge in [0.1, 0.15) is 11.6 Å². The van der Waals surface area contributed by atoms with Gasteiger partial charge in [-0.05, 0) is 18.6 Å². The fourth-order valence-electron chi connectivity index (χ4n) is 1.04. The van der Waals surface area contributed by atoms with Crippen LogP contribution in [0.25, 0.3) is 0 Å². The molecule has 0 amide bonds. The second-order valence-corrected chi connectivity index (χ2v) is 5.41. The smallest absolute Gasteiger partial charge is 0.233 e. The van der Waals surface area contributed by atoms with Crippen LogP contribution in [0.2, 0.25) is 0 Å². The molecule has 0 atom stereocenters. The van der Waals surface area contributed by atoms with Gasteiger partial charge in [-0.15, -0.1) is 11.6 Å². The molecule has 1 rings (SSSR count). The molecule has 0 saturated carbocycles. The molecule has 0 radical (unpaired) electrons. The lowest BCUT2D eigenvalue weighted by Crippen LogP contribution is -2.18. The van der Waals surface area contributed by atoms with Gasteiger partial charge in [-0.2, -0.15) is 0 Å². The average molecular weight is 270 g/mol. The number of hydrogen-bond donors (Lipinski definition) is 1. The summed E-state index contributed by atoms with van der Waals surface area (Å²) >= 11 is 5.26. The van der Waals surface area contributed by atoms with E-state index in [1.54, 1.807) is 0 Å². The highest BCUT2D eigenvalue weighted by Gasteiger charge is 2.14. The summed E-state index contributed by atoms with van der Waals surface area (Å²) in [4.78, 5) is 0. The monoisotopic (exact) mass is 269 g/mol. The van der Waals surface area contributed by atoms with Crippen molar-refractivity contribution >= 4 is 27.3 Å². The van der Waals surface area contributed by atoms with Crippen LogP contribution in [0.15, 0.2) is 12.1 Å². The van der Waals surface area contributed by atoms with Crippen LogP contribution in [0.5, 0.6) is 0 Å². The zero-order valence-electron chi connectivity index (χ0n) is 8.43. The molecule has 1 aromatic carbocycles. The molecule has 0 heterocycles. The number of sulfonamides is 1. The van der Waals surface area contributed by atoms with Crippen molar-refractivity contribution in [2.24, 2.45) is 0 Å². The van der Waals surface area contributed by atoms with Crippen LogP contribution in [-0.2, 0) is 10.0 Å². The highest BCUT2D eigenvalue weighted by Crippen LogP contribution is 2.19. The molecule has 0 unspecified atom stereocenters. The SMILES string of the molecule is Cc1cc(F)c(NS(=O)(=O)CCCl)cc1F. The first-order valence-corrected chi connectivity index (χ1v) is 6.56. The van der Waals surface area contributed by atoms with Gasteiger partial charge in [0.15, 0.2) is 0 Å². The van der Waals surface area contributed by atoms with Crippen molar-refractivity contribution in [3.05, 3.63) is 29.3 Å². The third-order valence-corrected chi connectivity index (χ3v) is 3.55. The Balaban J connectivity index is 3.03. The maximum atomic E-state index is 13.3. The van der Waals surface area contributed by atoms with E-state index in [0.717, 1.165) is 12.1 Å². The van der Waals surface area contributed by atoms with Gasteiger partial charge >= 0.3 is 0 Å². The third-order valence-electron chi connectivity index (χ3n) is 1.86. The molecule has 16 heavy (non-hydrogen) atoms. The van der Waals surface area contributed by atoms with E-state index in [2.05, 4.69) is 0 Å². The molecular weight excluding hydrogens is 260 g/mol. The second-order valence-electron chi connectivity index (χ2n) is 3.19. The van der Waals surface area contributed by atoms with Crippen LogP contribution >= 0.6 is 11.6 Å². The van der Waals surface area contributed by atoms with E-state index >= 15 is 0 Å². The molecular formula is C9H10ClF2NO2S. The first-order chi connectivity index (χ1) is 7.35. The van der Waals surface area contributed by atoms with Crippen molar-refractivity contribution in [1.29, 1.82) is 0 Å². The normalized spacial score (nSPS) is 11.5. The summed E-state index contributed by atoms with van der Waals surface area (Å²) in [6, 6.07) is 1.73. The summed E-state index contributed by atoms with van der Waals surface area (Å²) in [6.45, 7) is 1.38. The number of nitrogens with one attached hydrogen (secondary N) is 1. The van der Waals surface area contributed by atoms with Crippen molar-refractivity contribution in [2.75, 3.05) is 16.4 Å². The fourth-order valence-corrected chi connectivity index (χ4v) is 2.45. The fraction of sp³-hybridized carbons (Fsp3) is 0.333. The van der Waals surface area contributed by atoms with Crippen molar-refractivity contribution < 1.29 is 17.2 Å².